The highest BCUT2D eigenvalue weighted by Gasteiger charge is 2.34. The summed E-state index contributed by atoms with van der Waals surface area (Å²) in [6.45, 7) is 3.65. The van der Waals surface area contributed by atoms with Crippen molar-refractivity contribution >= 4 is 28.6 Å². The van der Waals surface area contributed by atoms with Crippen LogP contribution in [0.3, 0.4) is 0 Å². The first kappa shape index (κ1) is 22.9. The minimum absolute atomic E-state index is 0.0196. The van der Waals surface area contributed by atoms with E-state index < -0.39 is 0 Å². The molecule has 0 spiro atoms. The molecule has 10 heteroatoms. The van der Waals surface area contributed by atoms with Gasteiger partial charge >= 0.3 is 0 Å². The molecule has 180 valence electrons. The third-order valence-electron chi connectivity index (χ3n) is 6.11. The van der Waals surface area contributed by atoms with Crippen LogP contribution in [0.25, 0.3) is 5.65 Å². The Bertz CT molecular complexity index is 1500. The molecule has 0 N–H and O–H groups in total. The maximum Gasteiger partial charge on any atom is 0.274 e. The SMILES string of the molecule is COc1ccc([C@H]2CC(c3cccs3)=NN2C(=O)Cn2c(C)cc(=O)n3nc(C)cc23)cc1OC. The summed E-state index contributed by atoms with van der Waals surface area (Å²) in [5, 5.41) is 12.6. The molecule has 4 aromatic rings. The molecule has 1 atom stereocenters. The van der Waals surface area contributed by atoms with Gasteiger partial charge in [0, 0.05) is 24.2 Å². The number of carbonyl (C=O) groups is 1. The summed E-state index contributed by atoms with van der Waals surface area (Å²) in [7, 11) is 3.18. The van der Waals surface area contributed by atoms with Gasteiger partial charge in [-0.25, -0.2) is 5.01 Å². The lowest BCUT2D eigenvalue weighted by atomic mass is 10.0. The lowest BCUT2D eigenvalue weighted by Gasteiger charge is -2.24. The molecule has 0 fully saturated rings. The van der Waals surface area contributed by atoms with E-state index in [9.17, 15) is 9.59 Å². The molecular formula is C25H25N5O4S. The van der Waals surface area contributed by atoms with Crippen LogP contribution in [0.2, 0.25) is 0 Å². The van der Waals surface area contributed by atoms with E-state index in [1.54, 1.807) is 41.2 Å². The van der Waals surface area contributed by atoms with Crippen molar-refractivity contribution in [2.75, 3.05) is 14.2 Å². The van der Waals surface area contributed by atoms with Crippen molar-refractivity contribution in [2.45, 2.75) is 32.9 Å². The van der Waals surface area contributed by atoms with Gasteiger partial charge in [-0.2, -0.15) is 14.7 Å². The van der Waals surface area contributed by atoms with Gasteiger partial charge in [0.15, 0.2) is 11.5 Å². The summed E-state index contributed by atoms with van der Waals surface area (Å²) >= 11 is 1.59. The number of ether oxygens (including phenoxy) is 2. The molecule has 1 aliphatic rings. The van der Waals surface area contributed by atoms with Crippen LogP contribution < -0.4 is 15.0 Å². The van der Waals surface area contributed by atoms with E-state index in [0.29, 0.717) is 35.0 Å². The lowest BCUT2D eigenvalue weighted by Crippen LogP contribution is -2.32. The van der Waals surface area contributed by atoms with Gasteiger partial charge in [-0.15, -0.1) is 11.3 Å². The van der Waals surface area contributed by atoms with Gasteiger partial charge < -0.3 is 14.0 Å². The fourth-order valence-electron chi connectivity index (χ4n) is 4.40. The molecule has 3 aromatic heterocycles. The number of carbonyl (C=O) groups excluding carboxylic acids is 1. The average molecular weight is 492 g/mol. The first-order valence-electron chi connectivity index (χ1n) is 11.1. The van der Waals surface area contributed by atoms with Gasteiger partial charge in [-0.3, -0.25) is 9.59 Å². The molecular weight excluding hydrogens is 466 g/mol. The van der Waals surface area contributed by atoms with E-state index >= 15 is 0 Å². The molecule has 0 bridgehead atoms. The van der Waals surface area contributed by atoms with E-state index in [0.717, 1.165) is 16.2 Å². The van der Waals surface area contributed by atoms with E-state index in [-0.39, 0.29) is 24.1 Å². The Kier molecular flexibility index (Phi) is 5.89. The normalized spacial score (nSPS) is 15.5. The number of methoxy groups -OCH3 is 2. The Balaban J connectivity index is 1.54. The fraction of sp³-hybridized carbons (Fsp3) is 0.280. The minimum Gasteiger partial charge on any atom is -0.493 e. The Morgan fingerprint density at radius 3 is 2.63 bits per heavy atom. The van der Waals surface area contributed by atoms with Crippen molar-refractivity contribution < 1.29 is 14.3 Å². The van der Waals surface area contributed by atoms with Gasteiger partial charge in [-0.05, 0) is 43.0 Å². The van der Waals surface area contributed by atoms with Crippen LogP contribution >= 0.6 is 11.3 Å². The second-order valence-electron chi connectivity index (χ2n) is 8.36. The number of hydrazone groups is 1. The molecule has 35 heavy (non-hydrogen) atoms. The van der Waals surface area contributed by atoms with Gasteiger partial charge in [-0.1, -0.05) is 12.1 Å². The largest absolute Gasteiger partial charge is 0.493 e. The van der Waals surface area contributed by atoms with Crippen LogP contribution in [-0.2, 0) is 11.3 Å². The van der Waals surface area contributed by atoms with Crippen LogP contribution in [0.1, 0.15) is 34.3 Å². The quantitative estimate of drug-likeness (QED) is 0.411. The number of rotatable bonds is 6. The maximum absolute atomic E-state index is 13.7. The van der Waals surface area contributed by atoms with Gasteiger partial charge in [0.2, 0.25) is 0 Å². The summed E-state index contributed by atoms with van der Waals surface area (Å²) in [6, 6.07) is 12.6. The topological polar surface area (TPSA) is 90.4 Å². The summed E-state index contributed by atoms with van der Waals surface area (Å²) in [4.78, 5) is 27.1. The van der Waals surface area contributed by atoms with E-state index in [1.807, 2.05) is 49.6 Å². The first-order chi connectivity index (χ1) is 16.9. The number of hydrogen-bond donors (Lipinski definition) is 0. The number of thiophene rings is 1. The fourth-order valence-corrected chi connectivity index (χ4v) is 5.12. The number of hydrogen-bond acceptors (Lipinski definition) is 7. The lowest BCUT2D eigenvalue weighted by molar-refractivity contribution is -0.133. The van der Waals surface area contributed by atoms with Crippen molar-refractivity contribution in [1.29, 1.82) is 0 Å². The Hall–Kier alpha value is -3.92. The van der Waals surface area contributed by atoms with E-state index in [2.05, 4.69) is 5.10 Å². The van der Waals surface area contributed by atoms with E-state index in [1.165, 1.54) is 10.6 Å². The molecule has 0 saturated heterocycles. The molecule has 0 aliphatic carbocycles. The number of nitrogens with zero attached hydrogens (tertiary/aromatic N) is 5. The van der Waals surface area contributed by atoms with Crippen LogP contribution in [0, 0.1) is 13.8 Å². The predicted molar refractivity (Wildman–Crippen MR) is 134 cm³/mol. The zero-order valence-electron chi connectivity index (χ0n) is 19.9. The van der Waals surface area contributed by atoms with Crippen LogP contribution in [0.15, 0.2) is 57.7 Å². The number of fused-ring (bicyclic) bond motifs is 1. The smallest absolute Gasteiger partial charge is 0.274 e. The zero-order chi connectivity index (χ0) is 24.7. The third kappa shape index (κ3) is 4.10. The van der Waals surface area contributed by atoms with Crippen molar-refractivity contribution in [3.63, 3.8) is 0 Å². The highest BCUT2D eigenvalue weighted by molar-refractivity contribution is 7.12. The highest BCUT2D eigenvalue weighted by Crippen LogP contribution is 2.38. The minimum atomic E-state index is -0.304. The molecule has 4 heterocycles. The van der Waals surface area contributed by atoms with E-state index in [4.69, 9.17) is 14.6 Å². The van der Waals surface area contributed by atoms with Crippen molar-refractivity contribution in [3.8, 4) is 11.5 Å². The summed E-state index contributed by atoms with van der Waals surface area (Å²) in [5.74, 6) is 1.02. The molecule has 0 radical (unpaired) electrons. The van der Waals surface area contributed by atoms with Gasteiger partial charge in [0.25, 0.3) is 11.5 Å². The van der Waals surface area contributed by atoms with Gasteiger partial charge in [0.1, 0.15) is 12.2 Å². The van der Waals surface area contributed by atoms with Crippen molar-refractivity contribution in [2.24, 2.45) is 5.10 Å². The Morgan fingerprint density at radius 2 is 1.91 bits per heavy atom. The number of amides is 1. The Labute approximate surface area is 205 Å². The average Bonchev–Trinajstić information content (AvgIpc) is 3.60. The number of aromatic nitrogens is 3. The monoisotopic (exact) mass is 491 g/mol. The maximum atomic E-state index is 13.7. The van der Waals surface area contributed by atoms with Crippen LogP contribution in [0.4, 0.5) is 0 Å². The third-order valence-corrected chi connectivity index (χ3v) is 7.03. The zero-order valence-corrected chi connectivity index (χ0v) is 20.7. The molecule has 5 rings (SSSR count). The summed E-state index contributed by atoms with van der Waals surface area (Å²) in [6.07, 6.45) is 0.575. The number of benzene rings is 1. The van der Waals surface area contributed by atoms with Crippen LogP contribution in [-0.4, -0.2) is 45.0 Å². The van der Waals surface area contributed by atoms with Gasteiger partial charge in [0.05, 0.1) is 36.5 Å². The molecule has 0 unspecified atom stereocenters. The standard InChI is InChI=1S/C25H25N5O4S/c1-15-10-23-28(16(2)11-24(31)30(23)26-15)14-25(32)29-19(13-18(27-29)22-6-5-9-35-22)17-7-8-20(33-3)21(12-17)34-4/h5-12,19H,13-14H2,1-4H3/t19-/m1/s1. The molecule has 1 aliphatic heterocycles. The summed E-state index contributed by atoms with van der Waals surface area (Å²) in [5.41, 5.74) is 3.49. The predicted octanol–water partition coefficient (Wildman–Crippen LogP) is 3.57. The van der Waals surface area contributed by atoms with Crippen LogP contribution in [0.5, 0.6) is 11.5 Å². The van der Waals surface area contributed by atoms with Crippen molar-refractivity contribution in [3.05, 3.63) is 80.0 Å². The molecule has 1 amide bonds. The summed E-state index contributed by atoms with van der Waals surface area (Å²) < 4.78 is 14.0. The first-order valence-corrected chi connectivity index (χ1v) is 12.0. The highest BCUT2D eigenvalue weighted by atomic mass is 32.1. The molecule has 1 aromatic carbocycles. The Morgan fingerprint density at radius 1 is 1.11 bits per heavy atom. The second kappa shape index (κ2) is 9.03. The second-order valence-corrected chi connectivity index (χ2v) is 9.31. The number of aryl methyl sites for hydroxylation is 2. The molecule has 9 nitrogen and oxygen atoms in total. The molecule has 0 saturated carbocycles. The van der Waals surface area contributed by atoms with Crippen molar-refractivity contribution in [1.82, 2.24) is 19.2 Å².